The number of sulfonamides is 1. The molecule has 1 aliphatic rings. The first-order chi connectivity index (χ1) is 9.86. The first-order valence-electron chi connectivity index (χ1n) is 7.63. The molecule has 0 saturated heterocycles. The van der Waals surface area contributed by atoms with Gasteiger partial charge in [0, 0.05) is 19.6 Å². The lowest BCUT2D eigenvalue weighted by Crippen LogP contribution is -2.43. The largest absolute Gasteiger partial charge is 0.329 e. The molecule has 22 heavy (non-hydrogen) atoms. The number of nitrogens with two attached hydrogens (primary N) is 1. The molecule has 6 heteroatoms. The van der Waals surface area contributed by atoms with Crippen LogP contribution in [0.4, 0.5) is 0 Å². The van der Waals surface area contributed by atoms with E-state index in [9.17, 15) is 8.42 Å². The van der Waals surface area contributed by atoms with Gasteiger partial charge in [-0.25, -0.2) is 8.42 Å². The molecular formula is C16H27ClN2O2S. The molecule has 2 rings (SSSR count). The molecule has 0 aromatic heterocycles. The van der Waals surface area contributed by atoms with E-state index in [2.05, 4.69) is 13.8 Å². The second kappa shape index (κ2) is 7.77. The van der Waals surface area contributed by atoms with Gasteiger partial charge in [0.15, 0.2) is 0 Å². The summed E-state index contributed by atoms with van der Waals surface area (Å²) in [4.78, 5) is 0.358. The lowest BCUT2D eigenvalue weighted by atomic mass is 10.0. The van der Waals surface area contributed by atoms with Crippen molar-refractivity contribution >= 4 is 22.4 Å². The molecule has 0 spiro atoms. The Morgan fingerprint density at radius 1 is 1.23 bits per heavy atom. The van der Waals surface area contributed by atoms with Crippen LogP contribution in [0.3, 0.4) is 0 Å². The molecule has 1 saturated carbocycles. The lowest BCUT2D eigenvalue weighted by molar-refractivity contribution is 0.340. The number of halogens is 1. The number of nitrogens with zero attached hydrogens (tertiary/aromatic N) is 1. The standard InChI is InChI=1S/C16H26N2O2S.ClH/c1-12(2)10-13-4-8-15(9-5-13)21(19,20)18(3)16(11-17)14-6-7-14;/h4-5,8-9,12,14,16H,6-7,10-11,17H2,1-3H3;1H. The predicted molar refractivity (Wildman–Crippen MR) is 92.7 cm³/mol. The highest BCUT2D eigenvalue weighted by Crippen LogP contribution is 2.36. The van der Waals surface area contributed by atoms with Crippen LogP contribution in [0.15, 0.2) is 29.2 Å². The van der Waals surface area contributed by atoms with Gasteiger partial charge in [0.05, 0.1) is 4.90 Å². The second-order valence-electron chi connectivity index (χ2n) is 6.40. The molecule has 126 valence electrons. The number of hydrogen-bond acceptors (Lipinski definition) is 3. The molecule has 1 fully saturated rings. The minimum atomic E-state index is -3.45. The van der Waals surface area contributed by atoms with Crippen LogP contribution in [-0.4, -0.2) is 32.4 Å². The quantitative estimate of drug-likeness (QED) is 0.825. The van der Waals surface area contributed by atoms with E-state index in [1.807, 2.05) is 12.1 Å². The molecule has 1 atom stereocenters. The van der Waals surface area contributed by atoms with E-state index in [4.69, 9.17) is 5.73 Å². The monoisotopic (exact) mass is 346 g/mol. The molecule has 0 heterocycles. The van der Waals surface area contributed by atoms with Crippen LogP contribution in [0.2, 0.25) is 0 Å². The highest BCUT2D eigenvalue weighted by Gasteiger charge is 2.38. The summed E-state index contributed by atoms with van der Waals surface area (Å²) in [6.07, 6.45) is 3.12. The van der Waals surface area contributed by atoms with Crippen molar-refractivity contribution in [3.05, 3.63) is 29.8 Å². The summed E-state index contributed by atoms with van der Waals surface area (Å²) >= 11 is 0. The third kappa shape index (κ3) is 4.44. The number of rotatable bonds is 7. The molecule has 1 aliphatic carbocycles. The Morgan fingerprint density at radius 3 is 2.18 bits per heavy atom. The van der Waals surface area contributed by atoms with Gasteiger partial charge >= 0.3 is 0 Å². The van der Waals surface area contributed by atoms with E-state index >= 15 is 0 Å². The smallest absolute Gasteiger partial charge is 0.243 e. The molecule has 1 unspecified atom stereocenters. The number of hydrogen-bond donors (Lipinski definition) is 1. The molecule has 0 bridgehead atoms. The highest BCUT2D eigenvalue weighted by atomic mass is 35.5. The van der Waals surface area contributed by atoms with Crippen LogP contribution < -0.4 is 5.73 Å². The summed E-state index contributed by atoms with van der Waals surface area (Å²) in [6, 6.07) is 7.17. The summed E-state index contributed by atoms with van der Waals surface area (Å²) < 4.78 is 26.8. The van der Waals surface area contributed by atoms with Crippen LogP contribution in [0.25, 0.3) is 0 Å². The minimum Gasteiger partial charge on any atom is -0.329 e. The SMILES string of the molecule is CC(C)Cc1ccc(S(=O)(=O)N(C)C(CN)C2CC2)cc1.Cl. The predicted octanol–water partition coefficient (Wildman–Crippen LogP) is 2.66. The van der Waals surface area contributed by atoms with Crippen LogP contribution in [0.5, 0.6) is 0 Å². The van der Waals surface area contributed by atoms with Gasteiger partial charge < -0.3 is 5.73 Å². The van der Waals surface area contributed by atoms with Crippen LogP contribution in [0.1, 0.15) is 32.3 Å². The van der Waals surface area contributed by atoms with Gasteiger partial charge in [-0.1, -0.05) is 26.0 Å². The Kier molecular flexibility index (Phi) is 6.86. The third-order valence-electron chi connectivity index (χ3n) is 4.12. The zero-order chi connectivity index (χ0) is 15.6. The van der Waals surface area contributed by atoms with E-state index < -0.39 is 10.0 Å². The van der Waals surface area contributed by atoms with Crippen molar-refractivity contribution in [1.29, 1.82) is 0 Å². The molecule has 4 nitrogen and oxygen atoms in total. The zero-order valence-electron chi connectivity index (χ0n) is 13.5. The molecule has 0 radical (unpaired) electrons. The second-order valence-corrected chi connectivity index (χ2v) is 8.40. The van der Waals surface area contributed by atoms with Gasteiger partial charge in [0.2, 0.25) is 10.0 Å². The molecule has 0 aliphatic heterocycles. The van der Waals surface area contributed by atoms with Crippen LogP contribution in [-0.2, 0) is 16.4 Å². The van der Waals surface area contributed by atoms with Gasteiger partial charge in [0.1, 0.15) is 0 Å². The maximum Gasteiger partial charge on any atom is 0.243 e. The van der Waals surface area contributed by atoms with Crippen molar-refractivity contribution in [3.8, 4) is 0 Å². The van der Waals surface area contributed by atoms with Crippen molar-refractivity contribution in [2.45, 2.75) is 44.0 Å². The fraction of sp³-hybridized carbons (Fsp3) is 0.625. The van der Waals surface area contributed by atoms with E-state index in [0.29, 0.717) is 23.3 Å². The minimum absolute atomic E-state index is 0. The molecule has 1 aromatic rings. The first kappa shape index (κ1) is 19.4. The maximum absolute atomic E-state index is 12.7. The van der Waals surface area contributed by atoms with Crippen LogP contribution in [0, 0.1) is 11.8 Å². The Labute approximate surface area is 140 Å². The number of likely N-dealkylation sites (N-methyl/N-ethyl adjacent to an activating group) is 1. The summed E-state index contributed by atoms with van der Waals surface area (Å²) in [5, 5.41) is 0. The van der Waals surface area contributed by atoms with Gasteiger partial charge in [-0.2, -0.15) is 4.31 Å². The highest BCUT2D eigenvalue weighted by molar-refractivity contribution is 7.89. The first-order valence-corrected chi connectivity index (χ1v) is 9.07. The van der Waals surface area contributed by atoms with Gasteiger partial charge in [0.25, 0.3) is 0 Å². The molecule has 1 aromatic carbocycles. The summed E-state index contributed by atoms with van der Waals surface area (Å²) in [5.74, 6) is 0.988. The van der Waals surface area contributed by atoms with Crippen molar-refractivity contribution in [2.75, 3.05) is 13.6 Å². The Balaban J connectivity index is 0.00000242. The summed E-state index contributed by atoms with van der Waals surface area (Å²) in [5.41, 5.74) is 6.93. The average molecular weight is 347 g/mol. The normalized spacial score (nSPS) is 16.6. The average Bonchev–Trinajstić information content (AvgIpc) is 3.24. The van der Waals surface area contributed by atoms with E-state index in [1.165, 1.54) is 9.87 Å². The van der Waals surface area contributed by atoms with Crippen LogP contribution >= 0.6 is 12.4 Å². The van der Waals surface area contributed by atoms with E-state index in [0.717, 1.165) is 19.3 Å². The van der Waals surface area contributed by atoms with Crippen molar-refractivity contribution in [3.63, 3.8) is 0 Å². The molecular weight excluding hydrogens is 320 g/mol. The fourth-order valence-corrected chi connectivity index (χ4v) is 4.16. The maximum atomic E-state index is 12.7. The summed E-state index contributed by atoms with van der Waals surface area (Å²) in [7, 11) is -1.80. The molecule has 0 amide bonds. The van der Waals surface area contributed by atoms with Gasteiger partial charge in [-0.05, 0) is 48.8 Å². The van der Waals surface area contributed by atoms with Crippen molar-refractivity contribution in [2.24, 2.45) is 17.6 Å². The lowest BCUT2D eigenvalue weighted by Gasteiger charge is -2.26. The summed E-state index contributed by atoms with van der Waals surface area (Å²) in [6.45, 7) is 4.69. The Morgan fingerprint density at radius 2 is 1.77 bits per heavy atom. The van der Waals surface area contributed by atoms with E-state index in [1.54, 1.807) is 19.2 Å². The van der Waals surface area contributed by atoms with Gasteiger partial charge in [-0.3, -0.25) is 0 Å². The Hall–Kier alpha value is -0.620. The topological polar surface area (TPSA) is 63.4 Å². The van der Waals surface area contributed by atoms with Crippen molar-refractivity contribution < 1.29 is 8.42 Å². The Bertz CT molecular complexity index is 568. The molecule has 2 N–H and O–H groups in total. The van der Waals surface area contributed by atoms with E-state index in [-0.39, 0.29) is 18.4 Å². The number of benzene rings is 1. The zero-order valence-corrected chi connectivity index (χ0v) is 15.2. The fourth-order valence-electron chi connectivity index (χ4n) is 2.73. The third-order valence-corrected chi connectivity index (χ3v) is 6.02. The van der Waals surface area contributed by atoms with Crippen molar-refractivity contribution in [1.82, 2.24) is 4.31 Å². The van der Waals surface area contributed by atoms with Gasteiger partial charge in [-0.15, -0.1) is 12.4 Å².